The van der Waals surface area contributed by atoms with Crippen LogP contribution in [0.2, 0.25) is 10.0 Å². The van der Waals surface area contributed by atoms with Gasteiger partial charge in [0, 0.05) is 0 Å². The molecule has 0 unspecified atom stereocenters. The first-order valence-corrected chi connectivity index (χ1v) is 9.09. The lowest BCUT2D eigenvalue weighted by atomic mass is 9.75. The average molecular weight is 377 g/mol. The summed E-state index contributed by atoms with van der Waals surface area (Å²) in [4.78, 5) is 15.4. The van der Waals surface area contributed by atoms with E-state index in [4.69, 9.17) is 23.2 Å². The highest BCUT2D eigenvalue weighted by Gasteiger charge is 2.42. The van der Waals surface area contributed by atoms with Crippen LogP contribution < -0.4 is 0 Å². The Bertz CT molecular complexity index is 549. The van der Waals surface area contributed by atoms with Crippen LogP contribution in [0, 0.1) is 0 Å². The number of Topliss-reactive ketones (excluding diaryl/α,β-unsaturated/α-hetero) is 1. The summed E-state index contributed by atoms with van der Waals surface area (Å²) < 4.78 is 0. The number of carbonyl (C=O) groups is 1. The first-order chi connectivity index (χ1) is 10.6. The van der Waals surface area contributed by atoms with Crippen LogP contribution in [0.5, 0.6) is 0 Å². The van der Waals surface area contributed by atoms with Crippen molar-refractivity contribution in [2.45, 2.75) is 50.4 Å². The first kappa shape index (κ1) is 19.1. The zero-order chi connectivity index (χ0) is 15.6. The van der Waals surface area contributed by atoms with Gasteiger partial charge in [-0.1, -0.05) is 48.5 Å². The summed E-state index contributed by atoms with van der Waals surface area (Å²) in [5, 5.41) is 1.11. The average Bonchev–Trinajstić information content (AvgIpc) is 3.02. The topological polar surface area (TPSA) is 20.3 Å². The third-order valence-electron chi connectivity index (χ3n) is 5.28. The lowest BCUT2D eigenvalue weighted by Gasteiger charge is -2.33. The smallest absolute Gasteiger partial charge is 0.157 e. The molecule has 1 saturated heterocycles. The molecule has 0 bridgehead atoms. The van der Waals surface area contributed by atoms with E-state index in [-0.39, 0.29) is 17.8 Å². The molecule has 0 amide bonds. The SMILES string of the molecule is Cl.O=C(CN1CCCCC1)C1(c2ccc(Cl)c(Cl)c2)CCCC1. The summed E-state index contributed by atoms with van der Waals surface area (Å²) in [7, 11) is 0. The molecule has 1 aromatic carbocycles. The van der Waals surface area contributed by atoms with E-state index in [1.54, 1.807) is 0 Å². The van der Waals surface area contributed by atoms with Crippen molar-refractivity contribution in [2.24, 2.45) is 0 Å². The number of nitrogens with zero attached hydrogens (tertiary/aromatic N) is 1. The quantitative estimate of drug-likeness (QED) is 0.712. The maximum atomic E-state index is 13.1. The van der Waals surface area contributed by atoms with E-state index in [0.717, 1.165) is 44.3 Å². The lowest BCUT2D eigenvalue weighted by molar-refractivity contribution is -0.125. The molecule has 0 N–H and O–H groups in total. The first-order valence-electron chi connectivity index (χ1n) is 8.33. The molecule has 2 nitrogen and oxygen atoms in total. The second-order valence-electron chi connectivity index (χ2n) is 6.68. The van der Waals surface area contributed by atoms with Crippen molar-refractivity contribution in [2.75, 3.05) is 19.6 Å². The van der Waals surface area contributed by atoms with Gasteiger partial charge in [-0.3, -0.25) is 9.69 Å². The number of benzene rings is 1. The minimum atomic E-state index is -0.342. The molecule has 3 rings (SSSR count). The third kappa shape index (κ3) is 4.04. The van der Waals surface area contributed by atoms with Gasteiger partial charge in [-0.05, 0) is 56.5 Å². The monoisotopic (exact) mass is 375 g/mol. The molecular weight excluding hydrogens is 353 g/mol. The predicted octanol–water partition coefficient (Wildman–Crippen LogP) is 5.28. The van der Waals surface area contributed by atoms with Gasteiger partial charge in [0.2, 0.25) is 0 Å². The Morgan fingerprint density at radius 1 is 1.00 bits per heavy atom. The largest absolute Gasteiger partial charge is 0.297 e. The van der Waals surface area contributed by atoms with Gasteiger partial charge < -0.3 is 0 Å². The van der Waals surface area contributed by atoms with Crippen molar-refractivity contribution in [3.8, 4) is 0 Å². The summed E-state index contributed by atoms with van der Waals surface area (Å²) in [6.07, 6.45) is 7.84. The fraction of sp³-hybridized carbons (Fsp3) is 0.611. The second kappa shape index (κ2) is 8.20. The maximum absolute atomic E-state index is 13.1. The van der Waals surface area contributed by atoms with Crippen LogP contribution in [-0.2, 0) is 10.2 Å². The molecule has 1 aliphatic carbocycles. The number of carbonyl (C=O) groups excluding carboxylic acids is 1. The number of rotatable bonds is 4. The highest BCUT2D eigenvalue weighted by atomic mass is 35.5. The van der Waals surface area contributed by atoms with Crippen molar-refractivity contribution >= 4 is 41.4 Å². The molecule has 0 aromatic heterocycles. The number of ketones is 1. The van der Waals surface area contributed by atoms with Gasteiger partial charge >= 0.3 is 0 Å². The number of likely N-dealkylation sites (tertiary alicyclic amines) is 1. The summed E-state index contributed by atoms with van der Waals surface area (Å²) in [6.45, 7) is 2.70. The molecule has 0 atom stereocenters. The fourth-order valence-electron chi connectivity index (χ4n) is 3.97. The zero-order valence-corrected chi connectivity index (χ0v) is 15.7. The molecule has 1 aliphatic heterocycles. The number of hydrogen-bond donors (Lipinski definition) is 0. The van der Waals surface area contributed by atoms with Crippen molar-refractivity contribution in [1.82, 2.24) is 4.90 Å². The molecule has 1 heterocycles. The van der Waals surface area contributed by atoms with E-state index < -0.39 is 0 Å². The molecule has 0 radical (unpaired) electrons. The molecule has 1 saturated carbocycles. The summed E-state index contributed by atoms with van der Waals surface area (Å²) >= 11 is 12.2. The Labute approximate surface area is 154 Å². The van der Waals surface area contributed by atoms with Crippen molar-refractivity contribution in [3.63, 3.8) is 0 Å². The van der Waals surface area contributed by atoms with Gasteiger partial charge in [0.15, 0.2) is 5.78 Å². The Balaban J connectivity index is 0.00000192. The van der Waals surface area contributed by atoms with Gasteiger partial charge in [0.1, 0.15) is 0 Å². The Kier molecular flexibility index (Phi) is 6.79. The predicted molar refractivity (Wildman–Crippen MR) is 99.2 cm³/mol. The van der Waals surface area contributed by atoms with Crippen LogP contribution >= 0.6 is 35.6 Å². The van der Waals surface area contributed by atoms with E-state index in [9.17, 15) is 4.79 Å². The van der Waals surface area contributed by atoms with Crippen LogP contribution in [0.3, 0.4) is 0 Å². The van der Waals surface area contributed by atoms with Crippen LogP contribution in [0.4, 0.5) is 0 Å². The van der Waals surface area contributed by atoms with Gasteiger partial charge in [-0.2, -0.15) is 0 Å². The van der Waals surface area contributed by atoms with Crippen LogP contribution in [0.1, 0.15) is 50.5 Å². The van der Waals surface area contributed by atoms with Crippen molar-refractivity contribution < 1.29 is 4.79 Å². The van der Waals surface area contributed by atoms with Crippen molar-refractivity contribution in [3.05, 3.63) is 33.8 Å². The van der Waals surface area contributed by atoms with E-state index in [1.165, 1.54) is 19.3 Å². The van der Waals surface area contributed by atoms with Gasteiger partial charge in [-0.15, -0.1) is 12.4 Å². The molecule has 1 aromatic rings. The lowest BCUT2D eigenvalue weighted by Crippen LogP contribution is -2.43. The van der Waals surface area contributed by atoms with Gasteiger partial charge in [-0.25, -0.2) is 0 Å². The minimum Gasteiger partial charge on any atom is -0.297 e. The van der Waals surface area contributed by atoms with Crippen LogP contribution in [-0.4, -0.2) is 30.3 Å². The highest BCUT2D eigenvalue weighted by Crippen LogP contribution is 2.43. The van der Waals surface area contributed by atoms with E-state index in [1.807, 2.05) is 18.2 Å². The fourth-order valence-corrected chi connectivity index (χ4v) is 4.27. The van der Waals surface area contributed by atoms with Crippen molar-refractivity contribution in [1.29, 1.82) is 0 Å². The third-order valence-corrected chi connectivity index (χ3v) is 6.02. The molecule has 0 spiro atoms. The number of halogens is 3. The van der Waals surface area contributed by atoms with Crippen LogP contribution in [0.25, 0.3) is 0 Å². The van der Waals surface area contributed by atoms with Crippen LogP contribution in [0.15, 0.2) is 18.2 Å². The summed E-state index contributed by atoms with van der Waals surface area (Å²) in [6, 6.07) is 5.73. The van der Waals surface area contributed by atoms with E-state index in [2.05, 4.69) is 4.90 Å². The highest BCUT2D eigenvalue weighted by molar-refractivity contribution is 6.42. The van der Waals surface area contributed by atoms with Gasteiger partial charge in [0.05, 0.1) is 22.0 Å². The Hall–Kier alpha value is -0.280. The second-order valence-corrected chi connectivity index (χ2v) is 7.49. The molecular formula is C18H24Cl3NO. The molecule has 128 valence electrons. The Morgan fingerprint density at radius 2 is 1.65 bits per heavy atom. The number of piperidine rings is 1. The van der Waals surface area contributed by atoms with E-state index >= 15 is 0 Å². The summed E-state index contributed by atoms with van der Waals surface area (Å²) in [5.74, 6) is 0.366. The molecule has 23 heavy (non-hydrogen) atoms. The number of hydrogen-bond acceptors (Lipinski definition) is 2. The van der Waals surface area contributed by atoms with E-state index in [0.29, 0.717) is 22.4 Å². The standard InChI is InChI=1S/C18H23Cl2NO.ClH/c19-15-7-6-14(12-16(15)20)18(8-2-3-9-18)17(22)13-21-10-4-1-5-11-21;/h6-7,12H,1-5,8-11,13H2;1H. The zero-order valence-electron chi connectivity index (χ0n) is 13.3. The Morgan fingerprint density at radius 3 is 2.26 bits per heavy atom. The molecule has 5 heteroatoms. The normalized spacial score (nSPS) is 21.0. The molecule has 2 fully saturated rings. The maximum Gasteiger partial charge on any atom is 0.157 e. The molecule has 2 aliphatic rings. The minimum absolute atomic E-state index is 0. The summed E-state index contributed by atoms with van der Waals surface area (Å²) in [5.41, 5.74) is 0.715. The van der Waals surface area contributed by atoms with Gasteiger partial charge in [0.25, 0.3) is 0 Å².